The number of imidazole rings is 1. The van der Waals surface area contributed by atoms with Crippen LogP contribution in [0, 0.1) is 0 Å². The van der Waals surface area contributed by atoms with Gasteiger partial charge >= 0.3 is 0 Å². The minimum Gasteiger partial charge on any atom is -0.497 e. The Hall–Kier alpha value is -3.72. The zero-order valence-corrected chi connectivity index (χ0v) is 19.7. The first-order chi connectivity index (χ1) is 16.1. The summed E-state index contributed by atoms with van der Waals surface area (Å²) in [4.78, 5) is 18.2. The van der Waals surface area contributed by atoms with Crippen molar-refractivity contribution < 1.29 is 23.7 Å². The Morgan fingerprint density at radius 3 is 2.30 bits per heavy atom. The van der Waals surface area contributed by atoms with Crippen LogP contribution in [0.4, 0.5) is 5.69 Å². The third-order valence-corrected chi connectivity index (χ3v) is 6.11. The molecule has 0 radical (unpaired) electrons. The molecule has 0 unspecified atom stereocenters. The summed E-state index contributed by atoms with van der Waals surface area (Å²) in [5, 5.41) is 4.94. The van der Waals surface area contributed by atoms with E-state index in [1.165, 1.54) is 21.3 Å². The van der Waals surface area contributed by atoms with Crippen molar-refractivity contribution in [3.63, 3.8) is 0 Å². The zero-order valence-electron chi connectivity index (χ0n) is 18.9. The van der Waals surface area contributed by atoms with Crippen molar-refractivity contribution in [2.45, 2.75) is 12.8 Å². The number of anilines is 1. The SMILES string of the molecule is COc1ccc(-c2cn3c(CCC(=O)Nc4cc(OC)c(OC)c(OC)c4)csc3n2)cc1. The third-order valence-electron chi connectivity index (χ3n) is 5.23. The molecule has 8 nitrogen and oxygen atoms in total. The van der Waals surface area contributed by atoms with Crippen LogP contribution in [-0.4, -0.2) is 43.7 Å². The fourth-order valence-electron chi connectivity index (χ4n) is 3.53. The molecule has 0 aliphatic heterocycles. The quantitative estimate of drug-likeness (QED) is 0.385. The van der Waals surface area contributed by atoms with Gasteiger partial charge in [-0.15, -0.1) is 11.3 Å². The molecular formula is C24H25N3O5S. The lowest BCUT2D eigenvalue weighted by molar-refractivity contribution is -0.116. The predicted molar refractivity (Wildman–Crippen MR) is 128 cm³/mol. The van der Waals surface area contributed by atoms with E-state index in [9.17, 15) is 4.79 Å². The first kappa shape index (κ1) is 22.5. The number of thiazole rings is 1. The summed E-state index contributed by atoms with van der Waals surface area (Å²) in [5.41, 5.74) is 3.50. The lowest BCUT2D eigenvalue weighted by atomic mass is 10.1. The summed E-state index contributed by atoms with van der Waals surface area (Å²) in [7, 11) is 6.26. The zero-order chi connectivity index (χ0) is 23.4. The summed E-state index contributed by atoms with van der Waals surface area (Å²) in [5.74, 6) is 2.14. The van der Waals surface area contributed by atoms with Crippen molar-refractivity contribution in [3.05, 3.63) is 53.7 Å². The first-order valence-corrected chi connectivity index (χ1v) is 11.1. The van der Waals surface area contributed by atoms with Crippen LogP contribution in [0.5, 0.6) is 23.0 Å². The Bertz CT molecular complexity index is 1240. The highest BCUT2D eigenvalue weighted by Gasteiger charge is 2.15. The molecule has 1 amide bonds. The van der Waals surface area contributed by atoms with E-state index in [1.807, 2.05) is 40.2 Å². The van der Waals surface area contributed by atoms with Crippen LogP contribution in [0.1, 0.15) is 12.1 Å². The largest absolute Gasteiger partial charge is 0.497 e. The van der Waals surface area contributed by atoms with Crippen molar-refractivity contribution in [2.24, 2.45) is 0 Å². The second kappa shape index (κ2) is 9.83. The summed E-state index contributed by atoms with van der Waals surface area (Å²) in [6.45, 7) is 0. The number of aromatic nitrogens is 2. The summed E-state index contributed by atoms with van der Waals surface area (Å²) >= 11 is 1.56. The molecule has 0 saturated heterocycles. The maximum Gasteiger partial charge on any atom is 0.224 e. The summed E-state index contributed by atoms with van der Waals surface area (Å²) in [6, 6.07) is 11.2. The highest BCUT2D eigenvalue weighted by molar-refractivity contribution is 7.15. The van der Waals surface area contributed by atoms with E-state index in [4.69, 9.17) is 23.9 Å². The molecule has 2 aromatic carbocycles. The van der Waals surface area contributed by atoms with Crippen molar-refractivity contribution in [2.75, 3.05) is 33.8 Å². The standard InChI is InChI=1S/C24H25N3O5S/c1-29-18-8-5-15(6-9-18)19-13-27-17(14-33-24(27)26-19)7-10-22(28)25-16-11-20(30-2)23(32-4)21(12-16)31-3/h5-6,8-9,11-14H,7,10H2,1-4H3,(H,25,28). The molecule has 2 heterocycles. The number of carbonyl (C=O) groups excluding carboxylic acids is 1. The average Bonchev–Trinajstić information content (AvgIpc) is 3.43. The maximum atomic E-state index is 12.6. The van der Waals surface area contributed by atoms with E-state index in [0.717, 1.165) is 27.7 Å². The lowest BCUT2D eigenvalue weighted by Crippen LogP contribution is -2.13. The molecule has 0 aliphatic carbocycles. The minimum atomic E-state index is -0.112. The summed E-state index contributed by atoms with van der Waals surface area (Å²) < 4.78 is 23.3. The number of aryl methyl sites for hydroxylation is 1. The Labute approximate surface area is 195 Å². The minimum absolute atomic E-state index is 0.112. The molecule has 9 heteroatoms. The highest BCUT2D eigenvalue weighted by atomic mass is 32.1. The van der Waals surface area contributed by atoms with Crippen molar-refractivity contribution in [1.29, 1.82) is 0 Å². The average molecular weight is 468 g/mol. The van der Waals surface area contributed by atoms with Gasteiger partial charge in [0.25, 0.3) is 0 Å². The second-order valence-corrected chi connectivity index (χ2v) is 8.03. The maximum absolute atomic E-state index is 12.6. The number of hydrogen-bond donors (Lipinski definition) is 1. The molecule has 1 N–H and O–H groups in total. The van der Waals surface area contributed by atoms with E-state index in [0.29, 0.717) is 35.8 Å². The van der Waals surface area contributed by atoms with E-state index in [2.05, 4.69) is 5.32 Å². The van der Waals surface area contributed by atoms with Crippen LogP contribution in [-0.2, 0) is 11.2 Å². The first-order valence-electron chi connectivity index (χ1n) is 10.3. The van der Waals surface area contributed by atoms with Crippen molar-refractivity contribution >= 4 is 27.9 Å². The molecule has 0 aliphatic rings. The number of hydrogen-bond acceptors (Lipinski definition) is 7. The van der Waals surface area contributed by atoms with E-state index in [-0.39, 0.29) is 5.91 Å². The van der Waals surface area contributed by atoms with E-state index in [1.54, 1.807) is 30.6 Å². The second-order valence-electron chi connectivity index (χ2n) is 7.20. The van der Waals surface area contributed by atoms with Gasteiger partial charge in [0.15, 0.2) is 16.5 Å². The van der Waals surface area contributed by atoms with Gasteiger partial charge in [0, 0.05) is 47.1 Å². The monoisotopic (exact) mass is 467 g/mol. The van der Waals surface area contributed by atoms with Gasteiger partial charge in [-0.05, 0) is 30.7 Å². The smallest absolute Gasteiger partial charge is 0.224 e. The molecule has 0 fully saturated rings. The Balaban J connectivity index is 1.45. The molecule has 2 aromatic heterocycles. The fraction of sp³-hybridized carbons (Fsp3) is 0.250. The normalized spacial score (nSPS) is 10.8. The lowest BCUT2D eigenvalue weighted by Gasteiger charge is -2.14. The Morgan fingerprint density at radius 2 is 1.70 bits per heavy atom. The van der Waals surface area contributed by atoms with Gasteiger partial charge < -0.3 is 24.3 Å². The van der Waals surface area contributed by atoms with Gasteiger partial charge in [-0.1, -0.05) is 0 Å². The topological polar surface area (TPSA) is 83.3 Å². The number of carbonyl (C=O) groups is 1. The number of nitrogens with zero attached hydrogens (tertiary/aromatic N) is 2. The molecule has 0 spiro atoms. The van der Waals surface area contributed by atoms with Crippen LogP contribution in [0.2, 0.25) is 0 Å². The van der Waals surface area contributed by atoms with Crippen molar-refractivity contribution in [3.8, 4) is 34.3 Å². The van der Waals surface area contributed by atoms with Crippen molar-refractivity contribution in [1.82, 2.24) is 9.38 Å². The number of ether oxygens (including phenoxy) is 4. The molecule has 172 valence electrons. The molecule has 0 bridgehead atoms. The number of nitrogens with one attached hydrogen (secondary N) is 1. The van der Waals surface area contributed by atoms with Gasteiger partial charge in [-0.25, -0.2) is 4.98 Å². The van der Waals surface area contributed by atoms with Gasteiger partial charge in [-0.2, -0.15) is 0 Å². The Morgan fingerprint density at radius 1 is 1.00 bits per heavy atom. The van der Waals surface area contributed by atoms with Gasteiger partial charge in [-0.3, -0.25) is 9.20 Å². The highest BCUT2D eigenvalue weighted by Crippen LogP contribution is 2.40. The molecule has 0 atom stereocenters. The Kier molecular flexibility index (Phi) is 6.69. The van der Waals surface area contributed by atoms with Crippen LogP contribution in [0.15, 0.2) is 48.0 Å². The number of rotatable bonds is 9. The molecular weight excluding hydrogens is 442 g/mol. The number of methoxy groups -OCH3 is 4. The van der Waals surface area contributed by atoms with Crippen LogP contribution < -0.4 is 24.3 Å². The van der Waals surface area contributed by atoms with Gasteiger partial charge in [0.2, 0.25) is 11.7 Å². The van der Waals surface area contributed by atoms with Crippen LogP contribution >= 0.6 is 11.3 Å². The third kappa shape index (κ3) is 4.73. The summed E-state index contributed by atoms with van der Waals surface area (Å²) in [6.07, 6.45) is 2.90. The van der Waals surface area contributed by atoms with Gasteiger partial charge in [0.05, 0.1) is 34.1 Å². The van der Waals surface area contributed by atoms with Crippen LogP contribution in [0.25, 0.3) is 16.2 Å². The van der Waals surface area contributed by atoms with Crippen LogP contribution in [0.3, 0.4) is 0 Å². The number of benzene rings is 2. The number of fused-ring (bicyclic) bond motifs is 1. The van der Waals surface area contributed by atoms with E-state index >= 15 is 0 Å². The molecule has 4 rings (SSSR count). The molecule has 0 saturated carbocycles. The molecule has 33 heavy (non-hydrogen) atoms. The predicted octanol–water partition coefficient (Wildman–Crippen LogP) is 4.67. The van der Waals surface area contributed by atoms with Gasteiger partial charge in [0.1, 0.15) is 5.75 Å². The van der Waals surface area contributed by atoms with E-state index < -0.39 is 0 Å². The number of amides is 1. The molecule has 4 aromatic rings. The fourth-order valence-corrected chi connectivity index (χ4v) is 4.44.